The second kappa shape index (κ2) is 15.7. The molecule has 0 radical (unpaired) electrons. The van der Waals surface area contributed by atoms with Crippen LogP contribution in [0, 0.1) is 17.8 Å². The van der Waals surface area contributed by atoms with Gasteiger partial charge in [-0.3, -0.25) is 0 Å². The number of rotatable bonds is 14. The number of ether oxygens (including phenoxy) is 1. The topological polar surface area (TPSA) is 9.23 Å². The van der Waals surface area contributed by atoms with Crippen molar-refractivity contribution in [1.29, 1.82) is 0 Å². The van der Waals surface area contributed by atoms with Crippen LogP contribution in [0.25, 0.3) is 10.8 Å². The normalized spacial score (nSPS) is 24.0. The van der Waals surface area contributed by atoms with Crippen LogP contribution in [0.2, 0.25) is 0 Å². The third-order valence-corrected chi connectivity index (χ3v) is 10.9. The first kappa shape index (κ1) is 36.6. The number of benzene rings is 2. The zero-order chi connectivity index (χ0) is 34.1. The first-order valence-corrected chi connectivity index (χ1v) is 18.4. The van der Waals surface area contributed by atoms with Gasteiger partial charge in [-0.1, -0.05) is 127 Å². The minimum absolute atomic E-state index is 0.0806. The standard InChI is InChI=1S/C46H62O/c1-10-15-16-17-22-28-39-38-27-23-24-29-40(38)42(47-46(30-11-2,31-12-3)32-37-25-20-18-19-21-26-37)36(6)41(39)45(14-5)34-43(7,8)33-44(9,13-4)35-45/h10-11,15-20,23-27,29-30H,12-14,22,28,31-35H2,1-9H3/b15-10-,17-16-,30-11-. The highest BCUT2D eigenvalue weighted by Crippen LogP contribution is 2.60. The highest BCUT2D eigenvalue weighted by molar-refractivity contribution is 5.94. The molecule has 47 heavy (non-hydrogen) atoms. The number of allylic oxidation sites excluding steroid dienone is 9. The van der Waals surface area contributed by atoms with Crippen molar-refractivity contribution in [2.24, 2.45) is 10.8 Å². The average molecular weight is 631 g/mol. The molecule has 2 aromatic carbocycles. The van der Waals surface area contributed by atoms with Crippen LogP contribution in [0.5, 0.6) is 5.75 Å². The molecule has 0 heterocycles. The lowest BCUT2D eigenvalue weighted by Crippen LogP contribution is -2.46. The van der Waals surface area contributed by atoms with E-state index in [-0.39, 0.29) is 10.8 Å². The van der Waals surface area contributed by atoms with Gasteiger partial charge in [0.2, 0.25) is 0 Å². The van der Waals surface area contributed by atoms with Crippen molar-refractivity contribution in [2.75, 3.05) is 0 Å². The molecule has 0 N–H and O–H groups in total. The molecule has 4 rings (SSSR count). The first-order valence-electron chi connectivity index (χ1n) is 18.4. The monoisotopic (exact) mass is 630 g/mol. The van der Waals surface area contributed by atoms with Crippen LogP contribution in [0.4, 0.5) is 0 Å². The molecule has 2 aliphatic carbocycles. The fourth-order valence-electron chi connectivity index (χ4n) is 9.40. The van der Waals surface area contributed by atoms with Gasteiger partial charge in [0.25, 0.3) is 0 Å². The average Bonchev–Trinajstić information content (AvgIpc) is 3.30. The van der Waals surface area contributed by atoms with Crippen molar-refractivity contribution < 1.29 is 4.74 Å². The zero-order valence-corrected chi connectivity index (χ0v) is 31.1. The molecule has 1 heteroatoms. The Bertz CT molecular complexity index is 1600. The highest BCUT2D eigenvalue weighted by Gasteiger charge is 2.50. The summed E-state index contributed by atoms with van der Waals surface area (Å²) in [5, 5.41) is 2.61. The fourth-order valence-corrected chi connectivity index (χ4v) is 9.40. The fraction of sp³-hybridized carbons (Fsp3) is 0.500. The molecule has 0 bridgehead atoms. The van der Waals surface area contributed by atoms with Crippen molar-refractivity contribution in [3.05, 3.63) is 119 Å². The molecule has 0 aliphatic heterocycles. The molecule has 0 amide bonds. The van der Waals surface area contributed by atoms with E-state index in [9.17, 15) is 0 Å². The maximum atomic E-state index is 7.60. The Morgan fingerprint density at radius 3 is 2.36 bits per heavy atom. The van der Waals surface area contributed by atoms with Crippen LogP contribution in [0.3, 0.4) is 0 Å². The van der Waals surface area contributed by atoms with Gasteiger partial charge in [0.05, 0.1) is 0 Å². The van der Waals surface area contributed by atoms with Crippen LogP contribution in [0.15, 0.2) is 102 Å². The summed E-state index contributed by atoms with van der Waals surface area (Å²) in [7, 11) is 0. The van der Waals surface area contributed by atoms with Gasteiger partial charge >= 0.3 is 0 Å². The van der Waals surface area contributed by atoms with Gasteiger partial charge < -0.3 is 4.74 Å². The van der Waals surface area contributed by atoms with Crippen molar-refractivity contribution in [2.45, 2.75) is 138 Å². The van der Waals surface area contributed by atoms with Gasteiger partial charge in [-0.2, -0.15) is 0 Å². The van der Waals surface area contributed by atoms with E-state index < -0.39 is 5.60 Å². The van der Waals surface area contributed by atoms with Crippen molar-refractivity contribution in [1.82, 2.24) is 0 Å². The third-order valence-electron chi connectivity index (χ3n) is 10.9. The molecule has 2 aliphatic rings. The highest BCUT2D eigenvalue weighted by atomic mass is 16.5. The summed E-state index contributed by atoms with van der Waals surface area (Å²) in [6.07, 6.45) is 34.7. The second-order valence-corrected chi connectivity index (χ2v) is 15.5. The van der Waals surface area contributed by atoms with Crippen LogP contribution in [-0.2, 0) is 11.8 Å². The van der Waals surface area contributed by atoms with Gasteiger partial charge in [-0.05, 0) is 128 Å². The summed E-state index contributed by atoms with van der Waals surface area (Å²) in [5.74, 6) is 1.08. The van der Waals surface area contributed by atoms with Crippen molar-refractivity contribution in [3.8, 4) is 5.75 Å². The molecule has 3 unspecified atom stereocenters. The Labute approximate surface area is 288 Å². The third kappa shape index (κ3) is 8.42. The van der Waals surface area contributed by atoms with E-state index >= 15 is 0 Å². The molecule has 1 nitrogen and oxygen atoms in total. The molecule has 3 atom stereocenters. The lowest BCUT2D eigenvalue weighted by Gasteiger charge is -2.54. The van der Waals surface area contributed by atoms with Gasteiger partial charge in [-0.25, -0.2) is 0 Å². The van der Waals surface area contributed by atoms with E-state index in [1.165, 1.54) is 53.2 Å². The van der Waals surface area contributed by atoms with E-state index in [0.29, 0.717) is 5.41 Å². The molecule has 2 aromatic rings. The quantitative estimate of drug-likeness (QED) is 0.115. The Balaban J connectivity index is 2.03. The van der Waals surface area contributed by atoms with Crippen LogP contribution in [0.1, 0.15) is 130 Å². The summed E-state index contributed by atoms with van der Waals surface area (Å²) in [5.41, 5.74) is 9.22. The van der Waals surface area contributed by atoms with Crippen molar-refractivity contribution in [3.63, 3.8) is 0 Å². The summed E-state index contributed by atoms with van der Waals surface area (Å²) >= 11 is 0. The number of hydrogen-bond donors (Lipinski definition) is 0. The lowest BCUT2D eigenvalue weighted by molar-refractivity contribution is 0.0262. The number of fused-ring (bicyclic) bond motifs is 1. The molecular weight excluding hydrogens is 569 g/mol. The van der Waals surface area contributed by atoms with Crippen molar-refractivity contribution >= 4 is 10.8 Å². The predicted molar refractivity (Wildman–Crippen MR) is 207 cm³/mol. The van der Waals surface area contributed by atoms with E-state index in [0.717, 1.165) is 44.3 Å². The smallest absolute Gasteiger partial charge is 0.131 e. The van der Waals surface area contributed by atoms with Crippen LogP contribution in [-0.4, -0.2) is 5.60 Å². The van der Waals surface area contributed by atoms with E-state index in [2.05, 4.69) is 153 Å². The van der Waals surface area contributed by atoms with Crippen LogP contribution < -0.4 is 4.74 Å². The Kier molecular flexibility index (Phi) is 12.2. The summed E-state index contributed by atoms with van der Waals surface area (Å²) < 4.78 is 7.60. The van der Waals surface area contributed by atoms with Gasteiger partial charge in [0, 0.05) is 11.8 Å². The molecule has 0 saturated heterocycles. The van der Waals surface area contributed by atoms with Gasteiger partial charge in [0.15, 0.2) is 0 Å². The zero-order valence-electron chi connectivity index (χ0n) is 31.1. The summed E-state index contributed by atoms with van der Waals surface area (Å²) in [4.78, 5) is 0. The molecule has 0 spiro atoms. The SMILES string of the molecule is C/C=C\C=C/CCc1c(C2(CC)CC(C)(C)CC(C)(CC)C2)c(C)c(OC(/C=C\C)(CCC)CC2=CC=CC=C=C2)c2ccccc12. The summed E-state index contributed by atoms with van der Waals surface area (Å²) in [6, 6.07) is 9.11. The maximum absolute atomic E-state index is 7.60. The molecule has 1 saturated carbocycles. The minimum atomic E-state index is -0.462. The summed E-state index contributed by atoms with van der Waals surface area (Å²) in [6.45, 7) is 21.3. The van der Waals surface area contributed by atoms with E-state index in [1.807, 2.05) is 6.08 Å². The Morgan fingerprint density at radius 2 is 1.68 bits per heavy atom. The van der Waals surface area contributed by atoms with E-state index in [4.69, 9.17) is 4.74 Å². The predicted octanol–water partition coefficient (Wildman–Crippen LogP) is 13.6. The first-order chi connectivity index (χ1) is 22.5. The van der Waals surface area contributed by atoms with Crippen LogP contribution >= 0.6 is 0 Å². The second-order valence-electron chi connectivity index (χ2n) is 15.5. The number of aryl methyl sites for hydroxylation is 1. The molecular formula is C46H62O. The molecule has 0 aromatic heterocycles. The van der Waals surface area contributed by atoms with Gasteiger partial charge in [-0.15, -0.1) is 5.73 Å². The molecule has 252 valence electrons. The minimum Gasteiger partial charge on any atom is -0.482 e. The van der Waals surface area contributed by atoms with E-state index in [1.54, 1.807) is 5.56 Å². The Hall–Kier alpha value is -3.28. The Morgan fingerprint density at radius 1 is 0.915 bits per heavy atom. The maximum Gasteiger partial charge on any atom is 0.131 e. The lowest BCUT2D eigenvalue weighted by atomic mass is 9.50. The van der Waals surface area contributed by atoms with Gasteiger partial charge in [0.1, 0.15) is 11.4 Å². The number of hydrogen-bond acceptors (Lipinski definition) is 1. The largest absolute Gasteiger partial charge is 0.482 e. The molecule has 1 fully saturated rings.